The second kappa shape index (κ2) is 7.21. The van der Waals surface area contributed by atoms with Gasteiger partial charge in [0.15, 0.2) is 10.9 Å². The van der Waals surface area contributed by atoms with Crippen molar-refractivity contribution in [3.8, 4) is 0 Å². The fourth-order valence-electron chi connectivity index (χ4n) is 1.95. The van der Waals surface area contributed by atoms with E-state index in [-0.39, 0.29) is 16.9 Å². The molecule has 1 aromatic heterocycles. The Balaban J connectivity index is 2.03. The summed E-state index contributed by atoms with van der Waals surface area (Å²) in [5.41, 5.74) is 0.857. The number of ketones is 1. The minimum Gasteiger partial charge on any atom is -0.329 e. The maximum atomic E-state index is 12.5. The van der Waals surface area contributed by atoms with Crippen LogP contribution in [-0.2, 0) is 11.8 Å². The molecule has 1 aromatic carbocycles. The van der Waals surface area contributed by atoms with Crippen LogP contribution in [0, 0.1) is 5.41 Å². The smallest absolute Gasteiger partial charge is 0.229 e. The first kappa shape index (κ1) is 18.3. The van der Waals surface area contributed by atoms with Gasteiger partial charge < -0.3 is 9.88 Å². The number of carbonyl (C=O) groups excluding carboxylic acids is 2. The molecule has 2 aromatic rings. The summed E-state index contributed by atoms with van der Waals surface area (Å²) in [6.45, 7) is 7.45. The molecule has 0 aliphatic carbocycles. The molecule has 2 rings (SSSR count). The lowest BCUT2D eigenvalue weighted by Gasteiger charge is -2.17. The summed E-state index contributed by atoms with van der Waals surface area (Å²) in [6, 6.07) is 7.01. The van der Waals surface area contributed by atoms with Gasteiger partial charge in [-0.05, 0) is 31.2 Å². The van der Waals surface area contributed by atoms with Crippen LogP contribution in [0.4, 0.5) is 5.69 Å². The maximum Gasteiger partial charge on any atom is 0.229 e. The Hall–Kier alpha value is -2.08. The highest BCUT2D eigenvalue weighted by molar-refractivity contribution is 8.00. The van der Waals surface area contributed by atoms with E-state index in [0.29, 0.717) is 11.3 Å². The summed E-state index contributed by atoms with van der Waals surface area (Å²) < 4.78 is 1.89. The van der Waals surface area contributed by atoms with Gasteiger partial charge in [-0.2, -0.15) is 0 Å². The van der Waals surface area contributed by atoms with Gasteiger partial charge in [0.2, 0.25) is 5.91 Å². The molecular formula is C18H23N3O2S. The van der Waals surface area contributed by atoms with Crippen LogP contribution in [0.5, 0.6) is 0 Å². The number of benzene rings is 1. The molecule has 0 fully saturated rings. The third-order valence-electron chi connectivity index (χ3n) is 3.54. The predicted molar refractivity (Wildman–Crippen MR) is 97.4 cm³/mol. The number of thioether (sulfide) groups is 1. The summed E-state index contributed by atoms with van der Waals surface area (Å²) >= 11 is 1.43. The molecule has 0 radical (unpaired) electrons. The molecule has 5 nitrogen and oxygen atoms in total. The third-order valence-corrected chi connectivity index (χ3v) is 4.71. The van der Waals surface area contributed by atoms with Crippen LogP contribution in [0.15, 0.2) is 41.8 Å². The number of hydrogen-bond donors (Lipinski definition) is 1. The largest absolute Gasteiger partial charge is 0.329 e. The Labute approximate surface area is 146 Å². The SMILES string of the molecule is C[C@H](Sc1nccn1C)C(=O)c1ccc(NC(=O)C(C)(C)C)cc1. The van der Waals surface area contributed by atoms with Gasteiger partial charge in [-0.25, -0.2) is 4.98 Å². The number of carbonyl (C=O) groups is 2. The van der Waals surface area contributed by atoms with Gasteiger partial charge in [0.25, 0.3) is 0 Å². The summed E-state index contributed by atoms with van der Waals surface area (Å²) in [5.74, 6) is -0.0167. The molecule has 0 aliphatic rings. The van der Waals surface area contributed by atoms with E-state index >= 15 is 0 Å². The van der Waals surface area contributed by atoms with Gasteiger partial charge in [0.1, 0.15) is 0 Å². The molecule has 0 saturated heterocycles. The monoisotopic (exact) mass is 345 g/mol. The molecule has 1 heterocycles. The Bertz CT molecular complexity index is 729. The fraction of sp³-hybridized carbons (Fsp3) is 0.389. The number of anilines is 1. The first-order valence-electron chi connectivity index (χ1n) is 7.78. The first-order valence-corrected chi connectivity index (χ1v) is 8.66. The minimum atomic E-state index is -0.457. The number of hydrogen-bond acceptors (Lipinski definition) is 4. The van der Waals surface area contributed by atoms with Crippen LogP contribution in [0.1, 0.15) is 38.1 Å². The Morgan fingerprint density at radius 2 is 1.83 bits per heavy atom. The predicted octanol–water partition coefficient (Wildman–Crippen LogP) is 3.77. The molecule has 0 aliphatic heterocycles. The fourth-order valence-corrected chi connectivity index (χ4v) is 2.86. The highest BCUT2D eigenvalue weighted by Crippen LogP contribution is 2.24. The highest BCUT2D eigenvalue weighted by atomic mass is 32.2. The molecule has 0 saturated carbocycles. The molecule has 128 valence electrons. The van der Waals surface area contributed by atoms with Crippen molar-refractivity contribution in [2.75, 3.05) is 5.32 Å². The minimum absolute atomic E-state index is 0.0386. The zero-order chi connectivity index (χ0) is 17.9. The summed E-state index contributed by atoms with van der Waals surface area (Å²) in [7, 11) is 1.90. The van der Waals surface area contributed by atoms with Crippen molar-refractivity contribution in [2.24, 2.45) is 12.5 Å². The van der Waals surface area contributed by atoms with Gasteiger partial charge in [0, 0.05) is 36.1 Å². The van der Waals surface area contributed by atoms with Crippen LogP contribution in [0.3, 0.4) is 0 Å². The van der Waals surface area contributed by atoms with E-state index in [2.05, 4.69) is 10.3 Å². The van der Waals surface area contributed by atoms with E-state index in [9.17, 15) is 9.59 Å². The molecule has 1 atom stereocenters. The number of nitrogens with one attached hydrogen (secondary N) is 1. The maximum absolute atomic E-state index is 12.5. The van der Waals surface area contributed by atoms with E-state index in [1.165, 1.54) is 11.8 Å². The van der Waals surface area contributed by atoms with Crippen LogP contribution in [-0.4, -0.2) is 26.5 Å². The zero-order valence-electron chi connectivity index (χ0n) is 14.7. The van der Waals surface area contributed by atoms with E-state index < -0.39 is 5.41 Å². The molecule has 24 heavy (non-hydrogen) atoms. The van der Waals surface area contributed by atoms with E-state index in [1.54, 1.807) is 30.5 Å². The molecular weight excluding hydrogens is 322 g/mol. The van der Waals surface area contributed by atoms with E-state index in [0.717, 1.165) is 5.16 Å². The summed E-state index contributed by atoms with van der Waals surface area (Å²) in [4.78, 5) is 28.7. The number of aromatic nitrogens is 2. The lowest BCUT2D eigenvalue weighted by atomic mass is 9.95. The molecule has 1 amide bonds. The van der Waals surface area contributed by atoms with Gasteiger partial charge in [-0.15, -0.1) is 0 Å². The number of rotatable bonds is 5. The molecule has 0 unspecified atom stereocenters. The zero-order valence-corrected chi connectivity index (χ0v) is 15.5. The molecule has 1 N–H and O–H groups in total. The summed E-state index contributed by atoms with van der Waals surface area (Å²) in [6.07, 6.45) is 3.57. The Morgan fingerprint density at radius 1 is 1.21 bits per heavy atom. The lowest BCUT2D eigenvalue weighted by Crippen LogP contribution is -2.27. The van der Waals surface area contributed by atoms with E-state index in [1.807, 2.05) is 45.5 Å². The van der Waals surface area contributed by atoms with Crippen molar-refractivity contribution in [3.05, 3.63) is 42.2 Å². The third kappa shape index (κ3) is 4.47. The quantitative estimate of drug-likeness (QED) is 0.662. The summed E-state index contributed by atoms with van der Waals surface area (Å²) in [5, 5.41) is 3.43. The van der Waals surface area contributed by atoms with Crippen LogP contribution < -0.4 is 5.32 Å². The standard InChI is InChI=1S/C18H23N3O2S/c1-12(24-17-19-10-11-21(17)5)15(22)13-6-8-14(9-7-13)20-16(23)18(2,3)4/h6-12H,1-5H3,(H,20,23)/t12-/m0/s1. The molecule has 0 spiro atoms. The van der Waals surface area contributed by atoms with Crippen LogP contribution >= 0.6 is 11.8 Å². The molecule has 0 bridgehead atoms. The van der Waals surface area contributed by atoms with Crippen molar-refractivity contribution in [1.82, 2.24) is 9.55 Å². The number of imidazole rings is 1. The number of amides is 1. The first-order chi connectivity index (χ1) is 11.2. The average Bonchev–Trinajstić information content (AvgIpc) is 2.91. The Morgan fingerprint density at radius 3 is 2.33 bits per heavy atom. The van der Waals surface area contributed by atoms with Gasteiger partial charge in [0.05, 0.1) is 5.25 Å². The Kier molecular flexibility index (Phi) is 5.49. The van der Waals surface area contributed by atoms with Gasteiger partial charge in [-0.1, -0.05) is 32.5 Å². The van der Waals surface area contributed by atoms with Crippen molar-refractivity contribution >= 4 is 29.1 Å². The topological polar surface area (TPSA) is 64.0 Å². The average molecular weight is 345 g/mol. The van der Waals surface area contributed by atoms with Crippen LogP contribution in [0.2, 0.25) is 0 Å². The second-order valence-corrected chi connectivity index (χ2v) is 8.03. The lowest BCUT2D eigenvalue weighted by molar-refractivity contribution is -0.123. The highest BCUT2D eigenvalue weighted by Gasteiger charge is 2.22. The number of Topliss-reactive ketones (excluding diaryl/α,β-unsaturated/α-hetero) is 1. The van der Waals surface area contributed by atoms with Gasteiger partial charge >= 0.3 is 0 Å². The number of nitrogens with zero attached hydrogens (tertiary/aromatic N) is 2. The second-order valence-electron chi connectivity index (χ2n) is 6.73. The van der Waals surface area contributed by atoms with E-state index in [4.69, 9.17) is 0 Å². The van der Waals surface area contributed by atoms with Gasteiger partial charge in [-0.3, -0.25) is 9.59 Å². The van der Waals surface area contributed by atoms with Crippen molar-refractivity contribution in [3.63, 3.8) is 0 Å². The van der Waals surface area contributed by atoms with Crippen molar-refractivity contribution in [1.29, 1.82) is 0 Å². The number of aryl methyl sites for hydroxylation is 1. The molecule has 6 heteroatoms. The van der Waals surface area contributed by atoms with Crippen molar-refractivity contribution in [2.45, 2.75) is 38.1 Å². The van der Waals surface area contributed by atoms with Crippen LogP contribution in [0.25, 0.3) is 0 Å². The normalized spacial score (nSPS) is 12.7. The van der Waals surface area contributed by atoms with Crippen molar-refractivity contribution < 1.29 is 9.59 Å².